The minimum absolute atomic E-state index is 0.105. The number of ether oxygens (including phenoxy) is 1. The molecule has 0 saturated heterocycles. The van der Waals surface area contributed by atoms with Gasteiger partial charge in [0, 0.05) is 6.04 Å². The molecule has 22 heavy (non-hydrogen) atoms. The highest BCUT2D eigenvalue weighted by Gasteiger charge is 2.40. The molecule has 0 aromatic heterocycles. The van der Waals surface area contributed by atoms with E-state index in [0.717, 1.165) is 38.4 Å². The molecule has 0 spiro atoms. The maximum Gasteiger partial charge on any atom is 0.407 e. The SMILES string of the molecule is CC(C)(C)OC(=O)NC1CC[C@H]2C[C@@H](OS(C)(=O)=O)C[C@@H]2C1. The molecule has 0 bridgehead atoms. The van der Waals surface area contributed by atoms with Gasteiger partial charge in [0.2, 0.25) is 0 Å². The monoisotopic (exact) mass is 333 g/mol. The first-order chi connectivity index (χ1) is 10.0. The van der Waals surface area contributed by atoms with Gasteiger partial charge >= 0.3 is 6.09 Å². The lowest BCUT2D eigenvalue weighted by atomic mass is 9.79. The van der Waals surface area contributed by atoms with Crippen LogP contribution < -0.4 is 5.32 Å². The van der Waals surface area contributed by atoms with E-state index in [1.54, 1.807) is 0 Å². The second-order valence-electron chi connectivity index (χ2n) is 7.57. The van der Waals surface area contributed by atoms with Crippen molar-refractivity contribution < 1.29 is 22.1 Å². The number of amides is 1. The average molecular weight is 333 g/mol. The maximum absolute atomic E-state index is 11.8. The Morgan fingerprint density at radius 3 is 2.32 bits per heavy atom. The van der Waals surface area contributed by atoms with E-state index in [-0.39, 0.29) is 18.2 Å². The predicted octanol–water partition coefficient (Wildman–Crippen LogP) is 2.43. The number of fused-ring (bicyclic) bond motifs is 1. The van der Waals surface area contributed by atoms with Crippen LogP contribution in [0.15, 0.2) is 0 Å². The molecule has 128 valence electrons. The maximum atomic E-state index is 11.8. The molecule has 1 unspecified atom stereocenters. The smallest absolute Gasteiger partial charge is 0.407 e. The van der Waals surface area contributed by atoms with Gasteiger partial charge in [-0.15, -0.1) is 0 Å². The summed E-state index contributed by atoms with van der Waals surface area (Å²) in [6.07, 6.45) is 4.85. The number of hydrogen-bond acceptors (Lipinski definition) is 5. The summed E-state index contributed by atoms with van der Waals surface area (Å²) in [5.41, 5.74) is -0.497. The predicted molar refractivity (Wildman–Crippen MR) is 82.9 cm³/mol. The zero-order valence-corrected chi connectivity index (χ0v) is 14.6. The third-order valence-electron chi connectivity index (χ3n) is 4.30. The molecule has 1 N–H and O–H groups in total. The van der Waals surface area contributed by atoms with E-state index in [2.05, 4.69) is 5.32 Å². The molecule has 2 rings (SSSR count). The first kappa shape index (κ1) is 17.5. The Hall–Kier alpha value is -0.820. The second kappa shape index (κ2) is 6.35. The van der Waals surface area contributed by atoms with Gasteiger partial charge in [-0.05, 0) is 64.7 Å². The third-order valence-corrected chi connectivity index (χ3v) is 4.92. The highest BCUT2D eigenvalue weighted by atomic mass is 32.2. The highest BCUT2D eigenvalue weighted by molar-refractivity contribution is 7.86. The fourth-order valence-electron chi connectivity index (χ4n) is 3.63. The van der Waals surface area contributed by atoms with Gasteiger partial charge in [0.25, 0.3) is 10.1 Å². The quantitative estimate of drug-likeness (QED) is 0.802. The summed E-state index contributed by atoms with van der Waals surface area (Å²) >= 11 is 0. The Morgan fingerprint density at radius 2 is 1.73 bits per heavy atom. The second-order valence-corrected chi connectivity index (χ2v) is 9.17. The molecule has 0 heterocycles. The van der Waals surface area contributed by atoms with Crippen molar-refractivity contribution in [1.29, 1.82) is 0 Å². The van der Waals surface area contributed by atoms with E-state index < -0.39 is 15.7 Å². The summed E-state index contributed by atoms with van der Waals surface area (Å²) in [5, 5.41) is 2.93. The van der Waals surface area contributed by atoms with Gasteiger partial charge in [-0.25, -0.2) is 4.79 Å². The lowest BCUT2D eigenvalue weighted by Crippen LogP contribution is -2.42. The first-order valence-corrected chi connectivity index (χ1v) is 9.71. The Kier molecular flexibility index (Phi) is 5.06. The van der Waals surface area contributed by atoms with Crippen molar-refractivity contribution in [2.75, 3.05) is 6.26 Å². The van der Waals surface area contributed by atoms with Crippen LogP contribution in [0.1, 0.15) is 52.9 Å². The molecule has 0 aromatic rings. The Bertz CT molecular complexity index is 511. The number of rotatable bonds is 3. The number of nitrogens with one attached hydrogen (secondary N) is 1. The van der Waals surface area contributed by atoms with Crippen molar-refractivity contribution >= 4 is 16.2 Å². The van der Waals surface area contributed by atoms with E-state index in [1.165, 1.54) is 0 Å². The van der Waals surface area contributed by atoms with E-state index in [0.29, 0.717) is 11.8 Å². The molecule has 0 aromatic carbocycles. The lowest BCUT2D eigenvalue weighted by Gasteiger charge is -2.32. The minimum Gasteiger partial charge on any atom is -0.444 e. The van der Waals surface area contributed by atoms with E-state index in [1.807, 2.05) is 20.8 Å². The van der Waals surface area contributed by atoms with Gasteiger partial charge in [-0.3, -0.25) is 4.18 Å². The van der Waals surface area contributed by atoms with Gasteiger partial charge in [0.15, 0.2) is 0 Å². The summed E-state index contributed by atoms with van der Waals surface area (Å²) in [5.74, 6) is 0.920. The van der Waals surface area contributed by atoms with Crippen LogP contribution in [0.4, 0.5) is 4.79 Å². The van der Waals surface area contributed by atoms with Crippen molar-refractivity contribution in [3.8, 4) is 0 Å². The van der Waals surface area contributed by atoms with Crippen LogP contribution in [0, 0.1) is 11.8 Å². The van der Waals surface area contributed by atoms with Crippen LogP contribution in [0.3, 0.4) is 0 Å². The van der Waals surface area contributed by atoms with E-state index in [4.69, 9.17) is 8.92 Å². The van der Waals surface area contributed by atoms with Crippen molar-refractivity contribution in [2.45, 2.75) is 70.6 Å². The molecule has 2 fully saturated rings. The zero-order chi connectivity index (χ0) is 16.5. The number of hydrogen-bond donors (Lipinski definition) is 1. The Labute approximate surface area is 133 Å². The molecule has 2 aliphatic carbocycles. The summed E-state index contributed by atoms with van der Waals surface area (Å²) < 4.78 is 32.9. The van der Waals surface area contributed by atoms with Crippen molar-refractivity contribution in [2.24, 2.45) is 11.8 Å². The zero-order valence-electron chi connectivity index (χ0n) is 13.8. The van der Waals surface area contributed by atoms with Crippen molar-refractivity contribution in [3.05, 3.63) is 0 Å². The standard InChI is InChI=1S/C15H27NO5S/c1-15(2,3)20-14(17)16-12-6-5-10-8-13(9-11(10)7-12)21-22(4,18)19/h10-13H,5-9H2,1-4H3,(H,16,17)/t10-,11-,12?,13+/m0/s1. The molecule has 0 radical (unpaired) electrons. The van der Waals surface area contributed by atoms with Gasteiger partial charge in [0.05, 0.1) is 12.4 Å². The first-order valence-electron chi connectivity index (χ1n) is 7.89. The van der Waals surface area contributed by atoms with Crippen LogP contribution in [0.5, 0.6) is 0 Å². The number of carbonyl (C=O) groups is 1. The molecule has 2 saturated carbocycles. The third kappa shape index (κ3) is 5.43. The summed E-state index contributed by atoms with van der Waals surface area (Å²) in [6, 6.07) is 0.105. The van der Waals surface area contributed by atoms with Gasteiger partial charge < -0.3 is 10.1 Å². The molecule has 4 atom stereocenters. The Balaban J connectivity index is 1.83. The molecule has 7 heteroatoms. The van der Waals surface area contributed by atoms with Crippen LogP contribution in [-0.2, 0) is 19.0 Å². The largest absolute Gasteiger partial charge is 0.444 e. The topological polar surface area (TPSA) is 81.7 Å². The summed E-state index contributed by atoms with van der Waals surface area (Å²) in [7, 11) is -3.39. The normalized spacial score (nSPS) is 32.4. The fourth-order valence-corrected chi connectivity index (χ4v) is 4.28. The van der Waals surface area contributed by atoms with E-state index >= 15 is 0 Å². The molecular formula is C15H27NO5S. The van der Waals surface area contributed by atoms with Crippen LogP contribution in [0.25, 0.3) is 0 Å². The summed E-state index contributed by atoms with van der Waals surface area (Å²) in [6.45, 7) is 5.52. The Morgan fingerprint density at radius 1 is 1.09 bits per heavy atom. The average Bonchev–Trinajstić information content (AvgIpc) is 2.64. The minimum atomic E-state index is -3.39. The van der Waals surface area contributed by atoms with Gasteiger partial charge in [-0.2, -0.15) is 8.42 Å². The number of carbonyl (C=O) groups excluding carboxylic acids is 1. The van der Waals surface area contributed by atoms with Gasteiger partial charge in [-0.1, -0.05) is 0 Å². The van der Waals surface area contributed by atoms with E-state index in [9.17, 15) is 13.2 Å². The van der Waals surface area contributed by atoms with Crippen LogP contribution >= 0.6 is 0 Å². The molecule has 2 aliphatic rings. The lowest BCUT2D eigenvalue weighted by molar-refractivity contribution is 0.0476. The molecular weight excluding hydrogens is 306 g/mol. The molecule has 1 amide bonds. The van der Waals surface area contributed by atoms with Crippen molar-refractivity contribution in [1.82, 2.24) is 5.32 Å². The highest BCUT2D eigenvalue weighted by Crippen LogP contribution is 2.43. The van der Waals surface area contributed by atoms with Crippen molar-refractivity contribution in [3.63, 3.8) is 0 Å². The number of alkyl carbamates (subject to hydrolysis) is 1. The molecule has 0 aliphatic heterocycles. The van der Waals surface area contributed by atoms with Crippen LogP contribution in [-0.4, -0.2) is 38.5 Å². The summed E-state index contributed by atoms with van der Waals surface area (Å²) in [4.78, 5) is 11.8. The van der Waals surface area contributed by atoms with Gasteiger partial charge in [0.1, 0.15) is 5.60 Å². The fraction of sp³-hybridized carbons (Fsp3) is 0.933. The van der Waals surface area contributed by atoms with Crippen LogP contribution in [0.2, 0.25) is 0 Å². The molecule has 6 nitrogen and oxygen atoms in total.